The Hall–Kier alpha value is -2.22. The molecular weight excluding hydrogens is 302 g/mol. The zero-order valence-corrected chi connectivity index (χ0v) is 13.6. The molecule has 4 rings (SSSR count). The van der Waals surface area contributed by atoms with Crippen LogP contribution in [-0.2, 0) is 0 Å². The molecule has 0 heterocycles. The monoisotopic (exact) mass is 322 g/mol. The standard InChI is InChI=1S/C22H20F2/c23-20-7-3-16(4-8-20)18-13-19(17-5-9-21(24)10-6-17)15-22(14-18)11-1-2-12-22/h3-10,13-14H,1-2,11-12,15H2. The molecule has 2 heteroatoms. The Morgan fingerprint density at radius 1 is 0.708 bits per heavy atom. The van der Waals surface area contributed by atoms with Crippen LogP contribution < -0.4 is 0 Å². The van der Waals surface area contributed by atoms with Gasteiger partial charge in [-0.1, -0.05) is 49.3 Å². The molecule has 2 aliphatic carbocycles. The predicted octanol–water partition coefficient (Wildman–Crippen LogP) is 6.40. The van der Waals surface area contributed by atoms with Crippen molar-refractivity contribution in [3.8, 4) is 0 Å². The van der Waals surface area contributed by atoms with E-state index in [1.165, 1.54) is 55.5 Å². The van der Waals surface area contributed by atoms with E-state index in [1.54, 1.807) is 0 Å². The summed E-state index contributed by atoms with van der Waals surface area (Å²) in [4.78, 5) is 0. The minimum atomic E-state index is -0.214. The van der Waals surface area contributed by atoms with Gasteiger partial charge >= 0.3 is 0 Å². The van der Waals surface area contributed by atoms with E-state index >= 15 is 0 Å². The molecule has 24 heavy (non-hydrogen) atoms. The molecule has 2 aliphatic rings. The maximum atomic E-state index is 13.3. The molecule has 2 aromatic rings. The van der Waals surface area contributed by atoms with Crippen LogP contribution in [0.2, 0.25) is 0 Å². The Morgan fingerprint density at radius 3 is 1.83 bits per heavy atom. The van der Waals surface area contributed by atoms with E-state index in [0.29, 0.717) is 0 Å². The van der Waals surface area contributed by atoms with E-state index in [0.717, 1.165) is 23.1 Å². The third kappa shape index (κ3) is 2.93. The van der Waals surface area contributed by atoms with Gasteiger partial charge in [0.2, 0.25) is 0 Å². The molecule has 0 unspecified atom stereocenters. The van der Waals surface area contributed by atoms with Gasteiger partial charge in [-0.15, -0.1) is 0 Å². The van der Waals surface area contributed by atoms with Gasteiger partial charge in [-0.05, 0) is 71.2 Å². The molecule has 0 aliphatic heterocycles. The van der Waals surface area contributed by atoms with Crippen molar-refractivity contribution in [1.29, 1.82) is 0 Å². The van der Waals surface area contributed by atoms with Gasteiger partial charge in [0, 0.05) is 0 Å². The summed E-state index contributed by atoms with van der Waals surface area (Å²) in [6.45, 7) is 0. The van der Waals surface area contributed by atoms with Gasteiger partial charge in [-0.3, -0.25) is 0 Å². The van der Waals surface area contributed by atoms with Crippen LogP contribution in [0.15, 0.2) is 60.7 Å². The van der Waals surface area contributed by atoms with Crippen molar-refractivity contribution in [3.63, 3.8) is 0 Å². The largest absolute Gasteiger partial charge is 0.207 e. The first-order chi connectivity index (χ1) is 11.6. The summed E-state index contributed by atoms with van der Waals surface area (Å²) in [7, 11) is 0. The first-order valence-corrected chi connectivity index (χ1v) is 8.59. The van der Waals surface area contributed by atoms with Crippen LogP contribution in [0.4, 0.5) is 8.78 Å². The SMILES string of the molecule is Fc1ccc(C2=CC3(CCCC3)CC(c3ccc(F)cc3)=C2)cc1. The van der Waals surface area contributed by atoms with Crippen molar-refractivity contribution in [1.82, 2.24) is 0 Å². The lowest BCUT2D eigenvalue weighted by Gasteiger charge is -2.32. The summed E-state index contributed by atoms with van der Waals surface area (Å²) in [6, 6.07) is 13.5. The lowest BCUT2D eigenvalue weighted by atomic mass is 9.72. The molecule has 0 atom stereocenters. The van der Waals surface area contributed by atoms with Gasteiger partial charge in [-0.25, -0.2) is 8.78 Å². The fraction of sp³-hybridized carbons (Fsp3) is 0.273. The molecule has 0 aromatic heterocycles. The van der Waals surface area contributed by atoms with E-state index in [-0.39, 0.29) is 17.0 Å². The van der Waals surface area contributed by atoms with Crippen LogP contribution >= 0.6 is 0 Å². The molecule has 0 amide bonds. The second-order valence-electron chi connectivity index (χ2n) is 7.03. The van der Waals surface area contributed by atoms with Crippen molar-refractivity contribution < 1.29 is 8.78 Å². The molecule has 122 valence electrons. The van der Waals surface area contributed by atoms with Crippen LogP contribution in [0, 0.1) is 17.0 Å². The summed E-state index contributed by atoms with van der Waals surface area (Å²) in [6.07, 6.45) is 10.5. The van der Waals surface area contributed by atoms with Gasteiger partial charge in [-0.2, -0.15) is 0 Å². The fourth-order valence-corrected chi connectivity index (χ4v) is 4.10. The number of allylic oxidation sites excluding steroid dienone is 4. The van der Waals surface area contributed by atoms with Crippen LogP contribution in [0.5, 0.6) is 0 Å². The van der Waals surface area contributed by atoms with Crippen molar-refractivity contribution in [2.24, 2.45) is 5.41 Å². The van der Waals surface area contributed by atoms with Crippen LogP contribution in [0.25, 0.3) is 11.1 Å². The topological polar surface area (TPSA) is 0 Å². The van der Waals surface area contributed by atoms with Gasteiger partial charge in [0.15, 0.2) is 0 Å². The minimum Gasteiger partial charge on any atom is -0.207 e. The van der Waals surface area contributed by atoms with E-state index in [2.05, 4.69) is 12.2 Å². The molecule has 0 nitrogen and oxygen atoms in total. The van der Waals surface area contributed by atoms with E-state index in [4.69, 9.17) is 0 Å². The van der Waals surface area contributed by atoms with Crippen LogP contribution in [0.3, 0.4) is 0 Å². The lowest BCUT2D eigenvalue weighted by molar-refractivity contribution is 0.407. The van der Waals surface area contributed by atoms with Gasteiger partial charge in [0.1, 0.15) is 11.6 Å². The fourth-order valence-electron chi connectivity index (χ4n) is 4.10. The predicted molar refractivity (Wildman–Crippen MR) is 94.3 cm³/mol. The normalized spacial score (nSPS) is 19.2. The molecule has 0 N–H and O–H groups in total. The molecule has 0 saturated heterocycles. The Bertz CT molecular complexity index is 789. The molecule has 1 fully saturated rings. The smallest absolute Gasteiger partial charge is 0.123 e. The number of halogens is 2. The maximum Gasteiger partial charge on any atom is 0.123 e. The zero-order valence-electron chi connectivity index (χ0n) is 13.6. The number of hydrogen-bond donors (Lipinski definition) is 0. The third-order valence-electron chi connectivity index (χ3n) is 5.33. The van der Waals surface area contributed by atoms with Crippen molar-refractivity contribution >= 4 is 11.1 Å². The van der Waals surface area contributed by atoms with Crippen molar-refractivity contribution in [2.75, 3.05) is 0 Å². The lowest BCUT2D eigenvalue weighted by Crippen LogP contribution is -2.17. The summed E-state index contributed by atoms with van der Waals surface area (Å²) < 4.78 is 26.5. The summed E-state index contributed by atoms with van der Waals surface area (Å²) in [5, 5.41) is 0. The zero-order chi connectivity index (χ0) is 16.6. The number of benzene rings is 2. The first kappa shape index (κ1) is 15.3. The Kier molecular flexibility index (Phi) is 3.84. The molecule has 2 aromatic carbocycles. The van der Waals surface area contributed by atoms with Crippen molar-refractivity contribution in [3.05, 3.63) is 83.4 Å². The number of rotatable bonds is 2. The molecule has 0 radical (unpaired) electrons. The van der Waals surface area contributed by atoms with Crippen LogP contribution in [-0.4, -0.2) is 0 Å². The molecule has 1 spiro atoms. The van der Waals surface area contributed by atoms with Crippen molar-refractivity contribution in [2.45, 2.75) is 32.1 Å². The highest BCUT2D eigenvalue weighted by atomic mass is 19.1. The highest BCUT2D eigenvalue weighted by molar-refractivity contribution is 5.86. The highest BCUT2D eigenvalue weighted by Crippen LogP contribution is 2.50. The quantitative estimate of drug-likeness (QED) is 0.600. The van der Waals surface area contributed by atoms with E-state index in [1.807, 2.05) is 24.3 Å². The average Bonchev–Trinajstić information content (AvgIpc) is 3.03. The second-order valence-corrected chi connectivity index (χ2v) is 7.03. The highest BCUT2D eigenvalue weighted by Gasteiger charge is 2.35. The first-order valence-electron chi connectivity index (χ1n) is 8.59. The van der Waals surface area contributed by atoms with Gasteiger partial charge < -0.3 is 0 Å². The van der Waals surface area contributed by atoms with E-state index in [9.17, 15) is 8.78 Å². The number of hydrogen-bond acceptors (Lipinski definition) is 0. The molecular formula is C22H20F2. The van der Waals surface area contributed by atoms with Gasteiger partial charge in [0.25, 0.3) is 0 Å². The summed E-state index contributed by atoms with van der Waals surface area (Å²) >= 11 is 0. The second kappa shape index (κ2) is 6.01. The van der Waals surface area contributed by atoms with Crippen LogP contribution in [0.1, 0.15) is 43.2 Å². The minimum absolute atomic E-state index is 0.197. The summed E-state index contributed by atoms with van der Waals surface area (Å²) in [5.41, 5.74) is 4.72. The average molecular weight is 322 g/mol. The van der Waals surface area contributed by atoms with E-state index < -0.39 is 0 Å². The van der Waals surface area contributed by atoms with Gasteiger partial charge in [0.05, 0.1) is 0 Å². The summed E-state index contributed by atoms with van der Waals surface area (Å²) in [5.74, 6) is -0.423. The Morgan fingerprint density at radius 2 is 1.25 bits per heavy atom. The molecule has 1 saturated carbocycles. The maximum absolute atomic E-state index is 13.3. The molecule has 0 bridgehead atoms. The Balaban J connectivity index is 1.78. The Labute approximate surface area is 141 Å². The third-order valence-corrected chi connectivity index (χ3v) is 5.33.